The van der Waals surface area contributed by atoms with E-state index in [1.54, 1.807) is 27.7 Å². The first-order valence-electron chi connectivity index (χ1n) is 10.8. The molecule has 188 valence electrons. The lowest BCUT2D eigenvalue weighted by Gasteiger charge is -2.46. The molecule has 2 aromatic rings. The SMILES string of the molecule is CCOCC(=NOC)c1c(O)c2ccc(O[C@@H]3OC(C)(C)[C@H](OC)[C@H](O)[C@H]3O)c(C)c2oc1=O. The third-order valence-electron chi connectivity index (χ3n) is 5.72. The topological polar surface area (TPSA) is 149 Å². The Hall–Kier alpha value is -2.70. The molecule has 0 spiro atoms. The molecule has 0 aliphatic carbocycles. The fourth-order valence-corrected chi connectivity index (χ4v) is 4.03. The summed E-state index contributed by atoms with van der Waals surface area (Å²) in [5, 5.41) is 35.9. The Bertz CT molecular complexity index is 1110. The van der Waals surface area contributed by atoms with Crippen molar-refractivity contribution in [2.45, 2.75) is 57.9 Å². The van der Waals surface area contributed by atoms with Gasteiger partial charge in [-0.1, -0.05) is 5.16 Å². The summed E-state index contributed by atoms with van der Waals surface area (Å²) >= 11 is 0. The molecular formula is C23H31NO10. The molecule has 0 radical (unpaired) electrons. The van der Waals surface area contributed by atoms with Gasteiger partial charge in [0.25, 0.3) is 0 Å². The van der Waals surface area contributed by atoms with Crippen LogP contribution in [-0.2, 0) is 19.0 Å². The van der Waals surface area contributed by atoms with Gasteiger partial charge in [0, 0.05) is 19.3 Å². The van der Waals surface area contributed by atoms with Crippen molar-refractivity contribution < 1.29 is 43.5 Å². The molecule has 1 aliphatic rings. The molecule has 11 heteroatoms. The number of aliphatic hydroxyl groups is 2. The number of benzene rings is 1. The zero-order valence-corrected chi connectivity index (χ0v) is 20.0. The van der Waals surface area contributed by atoms with Gasteiger partial charge in [0.2, 0.25) is 6.29 Å². The molecule has 1 aliphatic heterocycles. The van der Waals surface area contributed by atoms with Gasteiger partial charge in [-0.2, -0.15) is 0 Å². The number of nitrogens with zero attached hydrogens (tertiary/aromatic N) is 1. The number of aliphatic hydroxyl groups excluding tert-OH is 2. The Morgan fingerprint density at radius 2 is 1.91 bits per heavy atom. The van der Waals surface area contributed by atoms with E-state index in [2.05, 4.69) is 5.16 Å². The lowest BCUT2D eigenvalue weighted by atomic mass is 9.89. The highest BCUT2D eigenvalue weighted by Crippen LogP contribution is 2.37. The molecule has 34 heavy (non-hydrogen) atoms. The van der Waals surface area contributed by atoms with Gasteiger partial charge in [-0.05, 0) is 39.8 Å². The molecule has 1 fully saturated rings. The number of oxime groups is 1. The average Bonchev–Trinajstić information content (AvgIpc) is 2.77. The van der Waals surface area contributed by atoms with Crippen LogP contribution in [0.15, 0.2) is 26.5 Å². The van der Waals surface area contributed by atoms with Crippen LogP contribution < -0.4 is 10.4 Å². The summed E-state index contributed by atoms with van der Waals surface area (Å²) in [5.74, 6) is -0.115. The van der Waals surface area contributed by atoms with Crippen molar-refractivity contribution in [3.63, 3.8) is 0 Å². The minimum atomic E-state index is -1.40. The normalized spacial score (nSPS) is 24.9. The van der Waals surface area contributed by atoms with E-state index in [0.29, 0.717) is 12.2 Å². The number of fused-ring (bicyclic) bond motifs is 1. The molecule has 2 heterocycles. The minimum absolute atomic E-state index is 0.0637. The van der Waals surface area contributed by atoms with Crippen LogP contribution in [0, 0.1) is 6.92 Å². The summed E-state index contributed by atoms with van der Waals surface area (Å²) in [4.78, 5) is 17.6. The van der Waals surface area contributed by atoms with Crippen molar-refractivity contribution in [1.29, 1.82) is 0 Å². The van der Waals surface area contributed by atoms with Gasteiger partial charge in [-0.25, -0.2) is 4.79 Å². The number of ether oxygens (including phenoxy) is 4. The van der Waals surface area contributed by atoms with Crippen LogP contribution in [0.1, 0.15) is 31.9 Å². The molecule has 1 aromatic heterocycles. The highest BCUT2D eigenvalue weighted by Gasteiger charge is 2.50. The highest BCUT2D eigenvalue weighted by atomic mass is 16.7. The Balaban J connectivity index is 2.01. The second-order valence-corrected chi connectivity index (χ2v) is 8.38. The van der Waals surface area contributed by atoms with E-state index in [1.165, 1.54) is 26.4 Å². The number of aromatic hydroxyl groups is 1. The number of rotatable bonds is 8. The van der Waals surface area contributed by atoms with E-state index in [-0.39, 0.29) is 40.4 Å². The maximum atomic E-state index is 12.8. The number of hydrogen-bond donors (Lipinski definition) is 3. The number of aryl methyl sites for hydroxylation is 1. The zero-order chi connectivity index (χ0) is 25.2. The van der Waals surface area contributed by atoms with Crippen LogP contribution in [0.4, 0.5) is 0 Å². The van der Waals surface area contributed by atoms with Crippen LogP contribution in [0.3, 0.4) is 0 Å². The largest absolute Gasteiger partial charge is 0.506 e. The maximum absolute atomic E-state index is 12.8. The van der Waals surface area contributed by atoms with E-state index in [9.17, 15) is 20.1 Å². The summed E-state index contributed by atoms with van der Waals surface area (Å²) in [6, 6.07) is 3.04. The summed E-state index contributed by atoms with van der Waals surface area (Å²) < 4.78 is 27.8. The standard InChI is InChI=1S/C23H31NO10/c1-7-31-10-13(24-30-6)15-16(25)12-8-9-14(11(2)19(12)33-21(15)28)32-22-18(27)17(26)20(29-5)23(3,4)34-22/h8-9,17-18,20,22,25-27H,7,10H2,1-6H3/t17-,18-,20-,22-/m1/s1. The Morgan fingerprint density at radius 3 is 2.53 bits per heavy atom. The zero-order valence-electron chi connectivity index (χ0n) is 20.0. The molecule has 0 saturated carbocycles. The summed E-state index contributed by atoms with van der Waals surface area (Å²) in [7, 11) is 2.73. The molecule has 1 aromatic carbocycles. The molecule has 11 nitrogen and oxygen atoms in total. The van der Waals surface area contributed by atoms with E-state index in [4.69, 9.17) is 28.2 Å². The van der Waals surface area contributed by atoms with Crippen LogP contribution in [0.2, 0.25) is 0 Å². The predicted octanol–water partition coefficient (Wildman–Crippen LogP) is 1.44. The van der Waals surface area contributed by atoms with Gasteiger partial charge in [0.15, 0.2) is 0 Å². The summed E-state index contributed by atoms with van der Waals surface area (Å²) in [5.41, 5.74) is -1.43. The highest BCUT2D eigenvalue weighted by molar-refractivity contribution is 6.06. The quantitative estimate of drug-likeness (QED) is 0.287. The van der Waals surface area contributed by atoms with E-state index in [0.717, 1.165) is 0 Å². The van der Waals surface area contributed by atoms with E-state index < -0.39 is 35.8 Å². The monoisotopic (exact) mass is 481 g/mol. The molecule has 0 bridgehead atoms. The lowest BCUT2D eigenvalue weighted by molar-refractivity contribution is -0.306. The molecular weight excluding hydrogens is 450 g/mol. The molecule has 0 amide bonds. The van der Waals surface area contributed by atoms with E-state index >= 15 is 0 Å². The van der Waals surface area contributed by atoms with Gasteiger partial charge >= 0.3 is 5.63 Å². The number of hydrogen-bond acceptors (Lipinski definition) is 11. The first kappa shape index (κ1) is 25.9. The molecule has 1 saturated heterocycles. The first-order chi connectivity index (χ1) is 16.1. The summed E-state index contributed by atoms with van der Waals surface area (Å²) in [6.07, 6.45) is -4.65. The van der Waals surface area contributed by atoms with Crippen LogP contribution in [-0.4, -0.2) is 78.7 Å². The summed E-state index contributed by atoms with van der Waals surface area (Å²) in [6.45, 7) is 7.12. The third kappa shape index (κ3) is 4.75. The van der Waals surface area contributed by atoms with Gasteiger partial charge in [0.05, 0.1) is 17.6 Å². The van der Waals surface area contributed by atoms with Gasteiger partial charge < -0.3 is 43.5 Å². The van der Waals surface area contributed by atoms with Crippen LogP contribution >= 0.6 is 0 Å². The molecule has 4 atom stereocenters. The van der Waals surface area contributed by atoms with Gasteiger partial charge in [0.1, 0.15) is 53.8 Å². The van der Waals surface area contributed by atoms with Crippen molar-refractivity contribution in [3.05, 3.63) is 33.7 Å². The van der Waals surface area contributed by atoms with Crippen LogP contribution in [0.25, 0.3) is 11.0 Å². The number of methoxy groups -OCH3 is 1. The molecule has 3 N–H and O–H groups in total. The van der Waals surface area contributed by atoms with Gasteiger partial charge in [-0.3, -0.25) is 0 Å². The van der Waals surface area contributed by atoms with Crippen LogP contribution in [0.5, 0.6) is 11.5 Å². The fourth-order valence-electron chi connectivity index (χ4n) is 4.03. The first-order valence-corrected chi connectivity index (χ1v) is 10.8. The van der Waals surface area contributed by atoms with Crippen molar-refractivity contribution in [2.75, 3.05) is 27.4 Å². The van der Waals surface area contributed by atoms with E-state index in [1.807, 2.05) is 0 Å². The second kappa shape index (κ2) is 10.3. The third-order valence-corrected chi connectivity index (χ3v) is 5.72. The Labute approximate surface area is 196 Å². The smallest absolute Gasteiger partial charge is 0.349 e. The lowest BCUT2D eigenvalue weighted by Crippen LogP contribution is -2.63. The van der Waals surface area contributed by atoms with Gasteiger partial charge in [-0.15, -0.1) is 0 Å². The predicted molar refractivity (Wildman–Crippen MR) is 121 cm³/mol. The maximum Gasteiger partial charge on any atom is 0.349 e. The van der Waals surface area contributed by atoms with Crippen molar-refractivity contribution >= 4 is 16.7 Å². The fraction of sp³-hybridized carbons (Fsp3) is 0.565. The van der Waals surface area contributed by atoms with Crippen molar-refractivity contribution in [1.82, 2.24) is 0 Å². The second-order valence-electron chi connectivity index (χ2n) is 8.38. The van der Waals surface area contributed by atoms with Crippen molar-refractivity contribution in [3.8, 4) is 11.5 Å². The Kier molecular flexibility index (Phi) is 7.84. The van der Waals surface area contributed by atoms with Crippen molar-refractivity contribution in [2.24, 2.45) is 5.16 Å². The molecule has 3 rings (SSSR count). The molecule has 0 unspecified atom stereocenters. The Morgan fingerprint density at radius 1 is 1.21 bits per heavy atom. The minimum Gasteiger partial charge on any atom is -0.506 e. The average molecular weight is 481 g/mol.